The fourth-order valence-electron chi connectivity index (χ4n) is 3.13. The summed E-state index contributed by atoms with van der Waals surface area (Å²) in [7, 11) is 3.16. The molecule has 1 heterocycles. The lowest BCUT2D eigenvalue weighted by Gasteiger charge is -2.19. The lowest BCUT2D eigenvalue weighted by molar-refractivity contribution is 0.0535. The van der Waals surface area contributed by atoms with Crippen LogP contribution >= 0.6 is 0 Å². The van der Waals surface area contributed by atoms with Gasteiger partial charge < -0.3 is 24.6 Å². The van der Waals surface area contributed by atoms with Crippen molar-refractivity contribution in [2.45, 2.75) is 32.5 Å². The van der Waals surface area contributed by atoms with E-state index in [0.29, 0.717) is 28.1 Å². The number of methoxy groups -OCH3 is 2. The van der Waals surface area contributed by atoms with Crippen molar-refractivity contribution in [1.29, 1.82) is 0 Å². The molecule has 0 bridgehead atoms. The summed E-state index contributed by atoms with van der Waals surface area (Å²) in [5.41, 5.74) is 1.43. The SMILES string of the molecule is COc1ccc2nc3ccc(OC)cc3c(C(O)C#CCNC(=O)OC(C)(C)C)c2c1. The van der Waals surface area contributed by atoms with E-state index in [2.05, 4.69) is 22.1 Å². The number of carbonyl (C=O) groups is 1. The Balaban J connectivity index is 1.99. The first-order valence-corrected chi connectivity index (χ1v) is 9.80. The number of pyridine rings is 1. The summed E-state index contributed by atoms with van der Waals surface area (Å²) in [6.07, 6.45) is -1.68. The highest BCUT2D eigenvalue weighted by Gasteiger charge is 2.17. The molecule has 0 saturated heterocycles. The van der Waals surface area contributed by atoms with E-state index in [9.17, 15) is 9.90 Å². The summed E-state index contributed by atoms with van der Waals surface area (Å²) < 4.78 is 15.9. The third-order valence-electron chi connectivity index (χ3n) is 4.46. The van der Waals surface area contributed by atoms with E-state index in [0.717, 1.165) is 10.8 Å². The fourth-order valence-corrected chi connectivity index (χ4v) is 3.13. The quantitative estimate of drug-likeness (QED) is 0.489. The van der Waals surface area contributed by atoms with Crippen molar-refractivity contribution in [2.75, 3.05) is 20.8 Å². The average molecular weight is 422 g/mol. The van der Waals surface area contributed by atoms with Gasteiger partial charge in [0.1, 0.15) is 23.2 Å². The second kappa shape index (κ2) is 9.11. The summed E-state index contributed by atoms with van der Waals surface area (Å²) in [5, 5.41) is 15.0. The van der Waals surface area contributed by atoms with Crippen molar-refractivity contribution >= 4 is 27.9 Å². The number of aliphatic hydroxyl groups is 1. The van der Waals surface area contributed by atoms with E-state index >= 15 is 0 Å². The van der Waals surface area contributed by atoms with Gasteiger partial charge in [-0.3, -0.25) is 0 Å². The van der Waals surface area contributed by atoms with Crippen LogP contribution in [0.4, 0.5) is 4.79 Å². The highest BCUT2D eigenvalue weighted by Crippen LogP contribution is 2.34. The Morgan fingerprint density at radius 1 is 1.06 bits per heavy atom. The monoisotopic (exact) mass is 422 g/mol. The van der Waals surface area contributed by atoms with Crippen LogP contribution in [-0.2, 0) is 4.74 Å². The summed E-state index contributed by atoms with van der Waals surface area (Å²) in [6, 6.07) is 11.0. The number of ether oxygens (including phenoxy) is 3. The Bertz CT molecular complexity index is 1110. The molecule has 1 unspecified atom stereocenters. The molecule has 1 atom stereocenters. The molecule has 0 aliphatic rings. The van der Waals surface area contributed by atoms with Crippen molar-refractivity contribution < 1.29 is 24.1 Å². The third-order valence-corrected chi connectivity index (χ3v) is 4.46. The van der Waals surface area contributed by atoms with Gasteiger partial charge in [0.25, 0.3) is 0 Å². The van der Waals surface area contributed by atoms with Crippen LogP contribution in [0.3, 0.4) is 0 Å². The Morgan fingerprint density at radius 3 is 2.10 bits per heavy atom. The van der Waals surface area contributed by atoms with Gasteiger partial charge in [0, 0.05) is 16.3 Å². The largest absolute Gasteiger partial charge is 0.497 e. The van der Waals surface area contributed by atoms with E-state index in [4.69, 9.17) is 14.2 Å². The number of hydrogen-bond acceptors (Lipinski definition) is 6. The zero-order valence-corrected chi connectivity index (χ0v) is 18.3. The van der Waals surface area contributed by atoms with Gasteiger partial charge in [0.05, 0.1) is 31.8 Å². The lowest BCUT2D eigenvalue weighted by Crippen LogP contribution is -2.32. The van der Waals surface area contributed by atoms with Crippen LogP contribution in [0.5, 0.6) is 11.5 Å². The van der Waals surface area contributed by atoms with Gasteiger partial charge in [-0.25, -0.2) is 9.78 Å². The number of nitrogens with zero attached hydrogens (tertiary/aromatic N) is 1. The zero-order valence-electron chi connectivity index (χ0n) is 18.3. The van der Waals surface area contributed by atoms with E-state index < -0.39 is 17.8 Å². The second-order valence-corrected chi connectivity index (χ2v) is 7.87. The minimum absolute atomic E-state index is 0.0412. The number of fused-ring (bicyclic) bond motifs is 2. The molecule has 3 aromatic rings. The van der Waals surface area contributed by atoms with Crippen molar-refractivity contribution in [3.8, 4) is 23.3 Å². The van der Waals surface area contributed by atoms with Gasteiger partial charge in [0.2, 0.25) is 0 Å². The minimum Gasteiger partial charge on any atom is -0.497 e. The molecule has 7 heteroatoms. The topological polar surface area (TPSA) is 89.9 Å². The number of benzene rings is 2. The molecule has 1 aromatic heterocycles. The number of hydrogen-bond donors (Lipinski definition) is 2. The smallest absolute Gasteiger partial charge is 0.408 e. The number of amides is 1. The number of rotatable bonds is 4. The van der Waals surface area contributed by atoms with Crippen LogP contribution in [0, 0.1) is 11.8 Å². The molecular formula is C24H26N2O5. The molecule has 0 radical (unpaired) electrons. The lowest BCUT2D eigenvalue weighted by atomic mass is 9.98. The Kier molecular flexibility index (Phi) is 6.52. The Labute approximate surface area is 181 Å². The average Bonchev–Trinajstić information content (AvgIpc) is 2.72. The number of aromatic nitrogens is 1. The first kappa shape index (κ1) is 22.2. The van der Waals surface area contributed by atoms with Crippen molar-refractivity contribution in [3.63, 3.8) is 0 Å². The third kappa shape index (κ3) is 5.36. The molecule has 2 aromatic carbocycles. The summed E-state index contributed by atoms with van der Waals surface area (Å²) in [5.74, 6) is 6.88. The van der Waals surface area contributed by atoms with Crippen molar-refractivity contribution in [2.24, 2.45) is 0 Å². The predicted octanol–water partition coefficient (Wildman–Crippen LogP) is 3.97. The van der Waals surface area contributed by atoms with Crippen molar-refractivity contribution in [3.05, 3.63) is 42.0 Å². The molecule has 3 rings (SSSR count). The molecule has 0 spiro atoms. The second-order valence-electron chi connectivity index (χ2n) is 7.87. The normalized spacial score (nSPS) is 12.1. The van der Waals surface area contributed by atoms with E-state index in [1.807, 2.05) is 36.4 Å². The molecule has 0 saturated carbocycles. The zero-order chi connectivity index (χ0) is 22.6. The molecule has 0 aliphatic heterocycles. The van der Waals surface area contributed by atoms with Crippen molar-refractivity contribution in [1.82, 2.24) is 10.3 Å². The molecular weight excluding hydrogens is 396 g/mol. The number of aliphatic hydroxyl groups excluding tert-OH is 1. The van der Waals surface area contributed by atoms with E-state index in [-0.39, 0.29) is 6.54 Å². The Morgan fingerprint density at radius 2 is 1.61 bits per heavy atom. The van der Waals surface area contributed by atoms with Crippen LogP contribution in [0.25, 0.3) is 21.8 Å². The first-order chi connectivity index (χ1) is 14.7. The van der Waals surface area contributed by atoms with Crippen LogP contribution in [0.15, 0.2) is 36.4 Å². The maximum Gasteiger partial charge on any atom is 0.408 e. The van der Waals surface area contributed by atoms with E-state index in [1.54, 1.807) is 35.0 Å². The van der Waals surface area contributed by atoms with Crippen LogP contribution in [0.1, 0.15) is 32.4 Å². The number of carbonyl (C=O) groups excluding carboxylic acids is 1. The van der Waals surface area contributed by atoms with Gasteiger partial charge in [-0.05, 0) is 57.2 Å². The molecule has 31 heavy (non-hydrogen) atoms. The maximum absolute atomic E-state index is 11.8. The summed E-state index contributed by atoms with van der Waals surface area (Å²) in [6.45, 7) is 5.39. The summed E-state index contributed by atoms with van der Waals surface area (Å²) in [4.78, 5) is 16.4. The number of alkyl carbamates (subject to hydrolysis) is 1. The molecule has 2 N–H and O–H groups in total. The molecule has 0 fully saturated rings. The first-order valence-electron chi connectivity index (χ1n) is 9.80. The van der Waals surface area contributed by atoms with Crippen LogP contribution < -0.4 is 14.8 Å². The fraction of sp³-hybridized carbons (Fsp3) is 0.333. The highest BCUT2D eigenvalue weighted by molar-refractivity contribution is 5.99. The molecule has 162 valence electrons. The van der Waals surface area contributed by atoms with Gasteiger partial charge in [-0.2, -0.15) is 0 Å². The minimum atomic E-state index is -1.12. The maximum atomic E-state index is 11.8. The van der Waals surface area contributed by atoms with Gasteiger partial charge >= 0.3 is 6.09 Å². The molecule has 7 nitrogen and oxygen atoms in total. The van der Waals surface area contributed by atoms with Crippen LogP contribution in [-0.4, -0.2) is 42.5 Å². The van der Waals surface area contributed by atoms with Gasteiger partial charge in [-0.1, -0.05) is 11.8 Å². The standard InChI is InChI=1S/C24H26N2O5/c1-24(2,3)31-23(28)25-12-6-7-21(27)22-17-13-15(29-4)8-10-19(17)26-20-11-9-16(30-5)14-18(20)22/h8-11,13-14,21,27H,12H2,1-5H3,(H,25,28). The van der Waals surface area contributed by atoms with Crippen LogP contribution in [0.2, 0.25) is 0 Å². The predicted molar refractivity (Wildman–Crippen MR) is 119 cm³/mol. The van der Waals surface area contributed by atoms with E-state index in [1.165, 1.54) is 0 Å². The summed E-state index contributed by atoms with van der Waals surface area (Å²) >= 11 is 0. The Hall–Kier alpha value is -3.50. The molecule has 0 aliphatic carbocycles. The molecule has 1 amide bonds. The number of nitrogens with one attached hydrogen (secondary N) is 1. The highest BCUT2D eigenvalue weighted by atomic mass is 16.6. The van der Waals surface area contributed by atoms with Gasteiger partial charge in [0.15, 0.2) is 0 Å². The van der Waals surface area contributed by atoms with Gasteiger partial charge in [-0.15, -0.1) is 0 Å².